The van der Waals surface area contributed by atoms with Gasteiger partial charge in [-0.3, -0.25) is 4.79 Å². The van der Waals surface area contributed by atoms with Gasteiger partial charge in [0.15, 0.2) is 0 Å². The Bertz CT molecular complexity index is 1190. The van der Waals surface area contributed by atoms with Crippen molar-refractivity contribution in [3.63, 3.8) is 0 Å². The lowest BCUT2D eigenvalue weighted by molar-refractivity contribution is -0.122. The highest BCUT2D eigenvalue weighted by atomic mass is 32.2. The number of benzene rings is 2. The Balaban J connectivity index is 2.15. The van der Waals surface area contributed by atoms with Gasteiger partial charge in [-0.25, -0.2) is 18.4 Å². The van der Waals surface area contributed by atoms with E-state index in [4.69, 9.17) is 0 Å². The summed E-state index contributed by atoms with van der Waals surface area (Å²) in [4.78, 5) is 23.3. The van der Waals surface area contributed by atoms with Gasteiger partial charge in [-0.2, -0.15) is 0 Å². The average molecular weight is 424 g/mol. The molecule has 0 fully saturated rings. The molecule has 2 aromatic carbocycles. The first-order valence-corrected chi connectivity index (χ1v) is 11.4. The van der Waals surface area contributed by atoms with E-state index in [9.17, 15) is 13.2 Å². The van der Waals surface area contributed by atoms with Crippen molar-refractivity contribution in [1.29, 1.82) is 0 Å². The average Bonchev–Trinajstić information content (AvgIpc) is 2.72. The Morgan fingerprint density at radius 3 is 2.20 bits per heavy atom. The van der Waals surface area contributed by atoms with Crippen molar-refractivity contribution in [2.45, 2.75) is 31.3 Å². The number of aryl methyl sites for hydroxylation is 1. The van der Waals surface area contributed by atoms with Crippen molar-refractivity contribution < 1.29 is 13.2 Å². The van der Waals surface area contributed by atoms with E-state index in [2.05, 4.69) is 9.97 Å². The molecule has 0 spiro atoms. The Morgan fingerprint density at radius 1 is 1.00 bits per heavy atom. The minimum Gasteiger partial charge on any atom is -0.311 e. The van der Waals surface area contributed by atoms with Crippen LogP contribution >= 0.6 is 0 Å². The molecule has 156 valence electrons. The van der Waals surface area contributed by atoms with Crippen molar-refractivity contribution in [2.75, 3.05) is 18.2 Å². The van der Waals surface area contributed by atoms with Crippen LogP contribution in [0.5, 0.6) is 0 Å². The van der Waals surface area contributed by atoms with E-state index < -0.39 is 15.3 Å². The zero-order valence-corrected chi connectivity index (χ0v) is 18.6. The summed E-state index contributed by atoms with van der Waals surface area (Å²) in [7, 11) is -1.95. The van der Waals surface area contributed by atoms with E-state index in [1.807, 2.05) is 75.4 Å². The molecule has 1 aromatic heterocycles. The fourth-order valence-electron chi connectivity index (χ4n) is 3.33. The van der Waals surface area contributed by atoms with Gasteiger partial charge in [0.2, 0.25) is 20.9 Å². The number of hydrogen-bond acceptors (Lipinski definition) is 5. The number of likely N-dealkylation sites (N-methyl/N-ethyl adjacent to an activating group) is 1. The van der Waals surface area contributed by atoms with E-state index in [-0.39, 0.29) is 11.1 Å². The predicted molar refractivity (Wildman–Crippen MR) is 118 cm³/mol. The van der Waals surface area contributed by atoms with Crippen LogP contribution in [0.4, 0.5) is 5.69 Å². The molecule has 0 radical (unpaired) electrons. The molecule has 3 rings (SSSR count). The largest absolute Gasteiger partial charge is 0.311 e. The number of nitrogens with zero attached hydrogens (tertiary/aromatic N) is 3. The van der Waals surface area contributed by atoms with Crippen LogP contribution in [0.3, 0.4) is 0 Å². The molecule has 30 heavy (non-hydrogen) atoms. The summed E-state index contributed by atoms with van der Waals surface area (Å²) in [6.07, 6.45) is 2.47. The maximum atomic E-state index is 13.5. The van der Waals surface area contributed by atoms with Gasteiger partial charge in [-0.05, 0) is 31.9 Å². The Morgan fingerprint density at radius 2 is 1.60 bits per heavy atom. The first-order chi connectivity index (χ1) is 14.0. The molecule has 0 unspecified atom stereocenters. The lowest BCUT2D eigenvalue weighted by Gasteiger charge is -2.30. The third kappa shape index (κ3) is 4.11. The highest BCUT2D eigenvalue weighted by Gasteiger charge is 2.34. The number of carbonyl (C=O) groups is 1. The van der Waals surface area contributed by atoms with Crippen LogP contribution in [-0.2, 0) is 20.0 Å². The smallest absolute Gasteiger partial charge is 0.247 e. The molecular formula is C23H25N3O3S. The van der Waals surface area contributed by atoms with Gasteiger partial charge in [-0.1, -0.05) is 54.6 Å². The monoisotopic (exact) mass is 423 g/mol. The van der Waals surface area contributed by atoms with Crippen molar-refractivity contribution in [3.8, 4) is 11.3 Å². The van der Waals surface area contributed by atoms with Gasteiger partial charge < -0.3 is 4.90 Å². The van der Waals surface area contributed by atoms with Crippen molar-refractivity contribution in [3.05, 3.63) is 71.9 Å². The molecule has 0 saturated carbocycles. The third-order valence-corrected chi connectivity index (χ3v) is 6.04. The molecule has 7 heteroatoms. The second kappa shape index (κ2) is 7.99. The third-order valence-electron chi connectivity index (χ3n) is 5.18. The maximum Gasteiger partial charge on any atom is 0.247 e. The van der Waals surface area contributed by atoms with Gasteiger partial charge >= 0.3 is 0 Å². The zero-order valence-electron chi connectivity index (χ0n) is 17.7. The predicted octanol–water partition coefficient (Wildman–Crippen LogP) is 3.80. The molecule has 0 aliphatic rings. The van der Waals surface area contributed by atoms with Gasteiger partial charge in [0.05, 0.1) is 23.0 Å². The van der Waals surface area contributed by atoms with E-state index >= 15 is 0 Å². The summed E-state index contributed by atoms with van der Waals surface area (Å²) in [5, 5.41) is -0.271. The summed E-state index contributed by atoms with van der Waals surface area (Å²) in [6.45, 7) is 5.64. The lowest BCUT2D eigenvalue weighted by Crippen LogP contribution is -2.41. The maximum absolute atomic E-state index is 13.5. The van der Waals surface area contributed by atoms with Crippen LogP contribution in [0.1, 0.15) is 25.0 Å². The second-order valence-corrected chi connectivity index (χ2v) is 9.74. The van der Waals surface area contributed by atoms with E-state index in [0.717, 1.165) is 22.9 Å². The minimum atomic E-state index is -3.61. The standard InChI is InChI=1S/C23H25N3O3S/c1-16-11-9-10-14-18(16)20-19(15-24-22(25-20)30(5,28)29)26(4)21(27)23(2,3)17-12-7-6-8-13-17/h6-15H,1-5H3. The Hall–Kier alpha value is -3.06. The van der Waals surface area contributed by atoms with Crippen LogP contribution in [0.15, 0.2) is 66.0 Å². The molecule has 1 amide bonds. The van der Waals surface area contributed by atoms with Crippen LogP contribution in [0.25, 0.3) is 11.3 Å². The fourth-order valence-corrected chi connectivity index (χ4v) is 3.83. The van der Waals surface area contributed by atoms with Gasteiger partial charge in [0.1, 0.15) is 0 Å². The lowest BCUT2D eigenvalue weighted by atomic mass is 9.83. The summed E-state index contributed by atoms with van der Waals surface area (Å²) in [5.74, 6) is -0.153. The molecule has 0 bridgehead atoms. The van der Waals surface area contributed by atoms with Crippen molar-refractivity contribution in [1.82, 2.24) is 9.97 Å². The number of amides is 1. The van der Waals surface area contributed by atoms with Crippen LogP contribution in [-0.4, -0.2) is 37.6 Å². The first kappa shape index (κ1) is 21.6. The quantitative estimate of drug-likeness (QED) is 0.583. The molecule has 0 saturated heterocycles. The number of rotatable bonds is 5. The topological polar surface area (TPSA) is 80.2 Å². The molecule has 0 atom stereocenters. The highest BCUT2D eigenvalue weighted by Crippen LogP contribution is 2.34. The van der Waals surface area contributed by atoms with Crippen molar-refractivity contribution >= 4 is 21.4 Å². The SMILES string of the molecule is Cc1ccccc1-c1nc(S(C)(=O)=O)ncc1N(C)C(=O)C(C)(C)c1ccccc1. The molecule has 1 heterocycles. The molecule has 0 N–H and O–H groups in total. The molecular weight excluding hydrogens is 398 g/mol. The zero-order chi connectivity index (χ0) is 22.1. The Kier molecular flexibility index (Phi) is 5.76. The normalized spacial score (nSPS) is 11.9. The first-order valence-electron chi connectivity index (χ1n) is 9.50. The van der Waals surface area contributed by atoms with Crippen LogP contribution in [0.2, 0.25) is 0 Å². The molecule has 6 nitrogen and oxygen atoms in total. The second-order valence-electron chi connectivity index (χ2n) is 7.83. The van der Waals surface area contributed by atoms with E-state index in [1.54, 1.807) is 7.05 Å². The summed E-state index contributed by atoms with van der Waals surface area (Å²) in [6, 6.07) is 17.0. The summed E-state index contributed by atoms with van der Waals surface area (Å²) in [5.41, 5.74) is 2.60. The number of anilines is 1. The minimum absolute atomic E-state index is 0.153. The summed E-state index contributed by atoms with van der Waals surface area (Å²) < 4.78 is 24.1. The number of sulfone groups is 1. The van der Waals surface area contributed by atoms with E-state index in [0.29, 0.717) is 11.4 Å². The van der Waals surface area contributed by atoms with Crippen LogP contribution < -0.4 is 4.90 Å². The Labute approximate surface area is 177 Å². The molecule has 0 aliphatic carbocycles. The number of carbonyl (C=O) groups excluding carboxylic acids is 1. The highest BCUT2D eigenvalue weighted by molar-refractivity contribution is 7.90. The van der Waals surface area contributed by atoms with E-state index in [1.165, 1.54) is 11.1 Å². The molecule has 3 aromatic rings. The number of hydrogen-bond donors (Lipinski definition) is 0. The van der Waals surface area contributed by atoms with Gasteiger partial charge in [0, 0.05) is 18.9 Å². The van der Waals surface area contributed by atoms with Crippen molar-refractivity contribution in [2.24, 2.45) is 0 Å². The molecule has 0 aliphatic heterocycles. The number of aromatic nitrogens is 2. The van der Waals surface area contributed by atoms with Crippen LogP contribution in [0, 0.1) is 6.92 Å². The summed E-state index contributed by atoms with van der Waals surface area (Å²) >= 11 is 0. The van der Waals surface area contributed by atoms with Gasteiger partial charge in [0.25, 0.3) is 0 Å². The van der Waals surface area contributed by atoms with Gasteiger partial charge in [-0.15, -0.1) is 0 Å². The fraction of sp³-hybridized carbons (Fsp3) is 0.261.